The largest absolute Gasteiger partial charge is 0.459 e. The third kappa shape index (κ3) is 3.10. The van der Waals surface area contributed by atoms with Crippen molar-refractivity contribution in [3.8, 4) is 11.3 Å². The van der Waals surface area contributed by atoms with Gasteiger partial charge in [-0.05, 0) is 50.1 Å². The van der Waals surface area contributed by atoms with Crippen LogP contribution in [0.2, 0.25) is 0 Å². The highest BCUT2D eigenvalue weighted by Gasteiger charge is 2.15. The zero-order chi connectivity index (χ0) is 14.5. The molecule has 1 aromatic heterocycles. The van der Waals surface area contributed by atoms with Crippen LogP contribution in [0.3, 0.4) is 0 Å². The lowest BCUT2D eigenvalue weighted by atomic mass is 10.1. The molecule has 0 bridgehead atoms. The van der Waals surface area contributed by atoms with E-state index >= 15 is 0 Å². The van der Waals surface area contributed by atoms with Crippen LogP contribution in [-0.2, 0) is 0 Å². The van der Waals surface area contributed by atoms with Gasteiger partial charge in [0.2, 0.25) is 0 Å². The summed E-state index contributed by atoms with van der Waals surface area (Å²) >= 11 is 0. The smallest absolute Gasteiger partial charge is 0.134 e. The van der Waals surface area contributed by atoms with Gasteiger partial charge in [0.25, 0.3) is 0 Å². The van der Waals surface area contributed by atoms with Gasteiger partial charge < -0.3 is 9.73 Å². The molecule has 1 N–H and O–H groups in total. The molecule has 1 unspecified atom stereocenters. The van der Waals surface area contributed by atoms with E-state index in [0.29, 0.717) is 5.56 Å². The van der Waals surface area contributed by atoms with Crippen LogP contribution in [0.1, 0.15) is 44.1 Å². The van der Waals surface area contributed by atoms with Gasteiger partial charge in [-0.25, -0.2) is 4.39 Å². The minimum Gasteiger partial charge on any atom is -0.459 e. The molecule has 0 aliphatic rings. The first kappa shape index (κ1) is 14.8. The Balaban J connectivity index is 2.26. The molecule has 1 aromatic carbocycles. The van der Waals surface area contributed by atoms with E-state index in [0.717, 1.165) is 36.5 Å². The number of hydrogen-bond acceptors (Lipinski definition) is 2. The van der Waals surface area contributed by atoms with Crippen molar-refractivity contribution in [2.45, 2.75) is 39.7 Å². The van der Waals surface area contributed by atoms with E-state index in [2.05, 4.69) is 19.2 Å². The highest BCUT2D eigenvalue weighted by atomic mass is 19.1. The minimum atomic E-state index is -0.198. The van der Waals surface area contributed by atoms with Crippen LogP contribution < -0.4 is 5.32 Å². The van der Waals surface area contributed by atoms with E-state index in [1.54, 1.807) is 13.0 Å². The van der Waals surface area contributed by atoms with Crippen molar-refractivity contribution in [3.05, 3.63) is 47.5 Å². The molecule has 2 rings (SSSR count). The number of furan rings is 1. The quantitative estimate of drug-likeness (QED) is 0.815. The van der Waals surface area contributed by atoms with Crippen LogP contribution in [0.5, 0.6) is 0 Å². The van der Waals surface area contributed by atoms with Crippen molar-refractivity contribution in [2.75, 3.05) is 6.54 Å². The van der Waals surface area contributed by atoms with E-state index < -0.39 is 0 Å². The SMILES string of the molecule is CCCNC(CC)c1ccc(-c2cccc(F)c2C)o1. The Bertz CT molecular complexity index is 562. The van der Waals surface area contributed by atoms with Crippen LogP contribution in [0.4, 0.5) is 4.39 Å². The second-order valence-corrected chi connectivity index (χ2v) is 5.03. The lowest BCUT2D eigenvalue weighted by molar-refractivity contribution is 0.410. The molecule has 0 fully saturated rings. The van der Waals surface area contributed by atoms with Crippen LogP contribution in [0.15, 0.2) is 34.7 Å². The normalized spacial score (nSPS) is 12.6. The van der Waals surface area contributed by atoms with Gasteiger partial charge in [0.05, 0.1) is 6.04 Å². The van der Waals surface area contributed by atoms with Gasteiger partial charge in [0.15, 0.2) is 0 Å². The molecular formula is C17H22FNO. The minimum absolute atomic E-state index is 0.198. The Morgan fingerprint density at radius 2 is 2.00 bits per heavy atom. The zero-order valence-electron chi connectivity index (χ0n) is 12.4. The Hall–Kier alpha value is -1.61. The summed E-state index contributed by atoms with van der Waals surface area (Å²) in [5, 5.41) is 3.46. The highest BCUT2D eigenvalue weighted by Crippen LogP contribution is 2.29. The van der Waals surface area contributed by atoms with E-state index in [1.165, 1.54) is 6.07 Å². The molecule has 3 heteroatoms. The Kier molecular flexibility index (Phi) is 4.96. The molecule has 20 heavy (non-hydrogen) atoms. The summed E-state index contributed by atoms with van der Waals surface area (Å²) in [5.74, 6) is 1.45. The molecular weight excluding hydrogens is 253 g/mol. The van der Waals surface area contributed by atoms with Crippen LogP contribution in [-0.4, -0.2) is 6.54 Å². The Morgan fingerprint density at radius 3 is 2.70 bits per heavy atom. The van der Waals surface area contributed by atoms with Gasteiger partial charge >= 0.3 is 0 Å². The summed E-state index contributed by atoms with van der Waals surface area (Å²) in [6.45, 7) is 7.01. The van der Waals surface area contributed by atoms with Gasteiger partial charge in [-0.1, -0.05) is 26.0 Å². The lowest BCUT2D eigenvalue weighted by Gasteiger charge is -2.13. The van der Waals surface area contributed by atoms with E-state index in [9.17, 15) is 4.39 Å². The van der Waals surface area contributed by atoms with Crippen molar-refractivity contribution < 1.29 is 8.81 Å². The number of benzene rings is 1. The summed E-state index contributed by atoms with van der Waals surface area (Å²) < 4.78 is 19.5. The number of hydrogen-bond donors (Lipinski definition) is 1. The van der Waals surface area contributed by atoms with Crippen molar-refractivity contribution in [3.63, 3.8) is 0 Å². The fraction of sp³-hybridized carbons (Fsp3) is 0.412. The van der Waals surface area contributed by atoms with Crippen LogP contribution >= 0.6 is 0 Å². The predicted molar refractivity (Wildman–Crippen MR) is 80.2 cm³/mol. The third-order valence-corrected chi connectivity index (χ3v) is 3.55. The Morgan fingerprint density at radius 1 is 1.20 bits per heavy atom. The average molecular weight is 275 g/mol. The highest BCUT2D eigenvalue weighted by molar-refractivity contribution is 5.62. The molecule has 0 saturated carbocycles. The van der Waals surface area contributed by atoms with Gasteiger partial charge in [-0.2, -0.15) is 0 Å². The number of rotatable bonds is 6. The molecule has 1 heterocycles. The van der Waals surface area contributed by atoms with E-state index in [4.69, 9.17) is 4.42 Å². The van der Waals surface area contributed by atoms with Gasteiger partial charge in [-0.15, -0.1) is 0 Å². The predicted octanol–water partition coefficient (Wildman–Crippen LogP) is 4.84. The molecule has 0 aliphatic carbocycles. The van der Waals surface area contributed by atoms with Gasteiger partial charge in [-0.3, -0.25) is 0 Å². The van der Waals surface area contributed by atoms with E-state index in [1.807, 2.05) is 18.2 Å². The third-order valence-electron chi connectivity index (χ3n) is 3.55. The maximum Gasteiger partial charge on any atom is 0.134 e. The number of halogens is 1. The number of nitrogens with one attached hydrogen (secondary N) is 1. The van der Waals surface area contributed by atoms with Crippen molar-refractivity contribution in [2.24, 2.45) is 0 Å². The molecule has 2 aromatic rings. The molecule has 108 valence electrons. The summed E-state index contributed by atoms with van der Waals surface area (Å²) in [5.41, 5.74) is 1.45. The first-order chi connectivity index (χ1) is 9.67. The summed E-state index contributed by atoms with van der Waals surface area (Å²) in [7, 11) is 0. The summed E-state index contributed by atoms with van der Waals surface area (Å²) in [6.07, 6.45) is 2.06. The standard InChI is InChI=1S/C17H22FNO/c1-4-11-19-15(5-2)17-10-9-16(20-17)13-7-6-8-14(18)12(13)3/h6-10,15,19H,4-5,11H2,1-3H3. The molecule has 1 atom stereocenters. The van der Waals surface area contributed by atoms with Gasteiger partial charge in [0, 0.05) is 5.56 Å². The van der Waals surface area contributed by atoms with Gasteiger partial charge in [0.1, 0.15) is 17.3 Å². The molecule has 2 nitrogen and oxygen atoms in total. The summed E-state index contributed by atoms with van der Waals surface area (Å²) in [6, 6.07) is 9.20. The molecule has 0 amide bonds. The Labute approximate surface area is 120 Å². The molecule has 0 saturated heterocycles. The van der Waals surface area contributed by atoms with Crippen LogP contribution in [0.25, 0.3) is 11.3 Å². The molecule has 0 aliphatic heterocycles. The fourth-order valence-electron chi connectivity index (χ4n) is 2.32. The fourth-order valence-corrected chi connectivity index (χ4v) is 2.32. The maximum atomic E-state index is 13.6. The topological polar surface area (TPSA) is 25.2 Å². The van der Waals surface area contributed by atoms with Crippen molar-refractivity contribution >= 4 is 0 Å². The lowest BCUT2D eigenvalue weighted by Crippen LogP contribution is -2.20. The molecule has 0 radical (unpaired) electrons. The van der Waals surface area contributed by atoms with E-state index in [-0.39, 0.29) is 11.9 Å². The van der Waals surface area contributed by atoms with Crippen LogP contribution in [0, 0.1) is 12.7 Å². The first-order valence-electron chi connectivity index (χ1n) is 7.26. The molecule has 0 spiro atoms. The maximum absolute atomic E-state index is 13.6. The summed E-state index contributed by atoms with van der Waals surface area (Å²) in [4.78, 5) is 0. The second kappa shape index (κ2) is 6.71. The zero-order valence-corrected chi connectivity index (χ0v) is 12.4. The monoisotopic (exact) mass is 275 g/mol. The average Bonchev–Trinajstić information content (AvgIpc) is 2.92. The first-order valence-corrected chi connectivity index (χ1v) is 7.26. The van der Waals surface area contributed by atoms with Crippen molar-refractivity contribution in [1.82, 2.24) is 5.32 Å². The van der Waals surface area contributed by atoms with Crippen molar-refractivity contribution in [1.29, 1.82) is 0 Å². The second-order valence-electron chi connectivity index (χ2n) is 5.03.